The van der Waals surface area contributed by atoms with E-state index in [0.29, 0.717) is 15.6 Å². The Morgan fingerprint density at radius 1 is 0.753 bits per heavy atom. The fourth-order valence-electron chi connectivity index (χ4n) is 10.4. The summed E-state index contributed by atoms with van der Waals surface area (Å²) >= 11 is 1.29. The number of benzene rings is 4. The molecule has 4 aromatic carbocycles. The molecule has 470 valence electrons. The molecular formula is C57H65N10NaO19S2. The number of aryl methyl sites for hydroxylation is 1. The number of fused-ring (bicyclic) bond motifs is 2. The summed E-state index contributed by atoms with van der Waals surface area (Å²) in [5.74, 6) is -11.2. The number of aliphatic hydroxyl groups is 6. The SMILES string of the molecule is Cc1ccc(-c2ccc(-c3nnc(-c4ccc(C(=O)NC5CC(O)CNC(=O)C6C(O)C(C)CN6C(=O)C(C(O)CC(N)=O)NC(=O)C(C(O)Cc6ccc(O)c(OSOO[O-])c6)NC(=O)C6CC(O)CN6C(=O)C(C(C)O)NC5=O)cc4)s3)cc2)cc1.[Na+]. The molecule has 1 aromatic heterocycles. The number of amides is 8. The zero-order valence-corrected chi connectivity index (χ0v) is 52.0. The maximum absolute atomic E-state index is 14.7. The number of hydrogen-bond acceptors (Lipinski definition) is 23. The summed E-state index contributed by atoms with van der Waals surface area (Å²) in [4.78, 5) is 115. The standard InChI is InChI=1S/C57H66N10O19S2.Na/c1-26-4-7-30(8-5-26)31-9-13-33(14-10-31)54-64-65-55(87-54)34-15-11-32(12-16-34)49(76)60-37-20-35(69)23-59-53(80)47-48(75)27(2)24-67(47)57(82)46(41(73)22-43(58)74)63-52(79)45(40(72)18-29-6-17-39(71)42(19-29)84-88-86-85-83)62-51(78)38-21-36(70)25-66(38)56(81)44(28(3)68)61-50(37)77;/h4-17,19,27-28,35-38,40-41,44-48,68-73,75,83H,18,20-25H2,1-3H3,(H2,58,74)(H,59,80)(H,60,76)(H,61,77)(H,62,78)(H,63,79);/q;+1/p-1. The topological polar surface area (TPSA) is 447 Å². The first-order valence-electron chi connectivity index (χ1n) is 27.6. The predicted molar refractivity (Wildman–Crippen MR) is 308 cm³/mol. The number of carbonyl (C=O) groups is 8. The molecule has 32 heteroatoms. The molecule has 0 aliphatic carbocycles. The van der Waals surface area contributed by atoms with Crippen LogP contribution in [0.2, 0.25) is 0 Å². The van der Waals surface area contributed by atoms with E-state index in [1.807, 2.05) is 55.5 Å². The molecule has 89 heavy (non-hydrogen) atoms. The predicted octanol–water partition coefficient (Wildman–Crippen LogP) is -5.45. The van der Waals surface area contributed by atoms with Crippen LogP contribution in [0.1, 0.15) is 54.6 Å². The minimum Gasteiger partial charge on any atom is -0.691 e. The molecular weight excluding hydrogens is 1220 g/mol. The maximum atomic E-state index is 14.7. The zero-order chi connectivity index (χ0) is 63.7. The van der Waals surface area contributed by atoms with Crippen LogP contribution in [-0.2, 0) is 49.4 Å². The summed E-state index contributed by atoms with van der Waals surface area (Å²) in [5.41, 5.74) is 10.1. The summed E-state index contributed by atoms with van der Waals surface area (Å²) in [6.45, 7) is 2.86. The molecule has 3 fully saturated rings. The average Bonchev–Trinajstić information content (AvgIpc) is 4.07. The smallest absolute Gasteiger partial charge is 0.691 e. The Morgan fingerprint density at radius 3 is 1.96 bits per heavy atom. The van der Waals surface area contributed by atoms with E-state index in [9.17, 15) is 79.4 Å². The summed E-state index contributed by atoms with van der Waals surface area (Å²) in [6, 6.07) is 13.8. The van der Waals surface area contributed by atoms with E-state index in [-0.39, 0.29) is 58.8 Å². The van der Waals surface area contributed by atoms with E-state index < -0.39 is 177 Å². The normalized spacial score (nSPS) is 24.9. The molecule has 8 rings (SSSR count). The van der Waals surface area contributed by atoms with Crippen LogP contribution >= 0.6 is 23.7 Å². The van der Waals surface area contributed by atoms with Gasteiger partial charge in [0.2, 0.25) is 41.4 Å². The third-order valence-corrected chi connectivity index (χ3v) is 16.5. The van der Waals surface area contributed by atoms with Gasteiger partial charge in [-0.3, -0.25) is 43.4 Å². The first-order valence-corrected chi connectivity index (χ1v) is 29.1. The first kappa shape index (κ1) is 69.3. The number of phenols is 1. The molecule has 29 nitrogen and oxygen atoms in total. The Kier molecular flexibility index (Phi) is 24.1. The molecule has 3 aliphatic heterocycles. The van der Waals surface area contributed by atoms with Crippen molar-refractivity contribution in [2.24, 2.45) is 11.7 Å². The monoisotopic (exact) mass is 1280 g/mol. The van der Waals surface area contributed by atoms with E-state index in [1.54, 1.807) is 12.1 Å². The quantitative estimate of drug-likeness (QED) is 0.0144. The van der Waals surface area contributed by atoms with Gasteiger partial charge in [0.15, 0.2) is 11.5 Å². The molecule has 4 heterocycles. The Bertz CT molecular complexity index is 3350. The van der Waals surface area contributed by atoms with Crippen molar-refractivity contribution < 1.29 is 122 Å². The van der Waals surface area contributed by atoms with E-state index in [4.69, 9.17) is 9.92 Å². The van der Waals surface area contributed by atoms with Crippen molar-refractivity contribution in [3.05, 3.63) is 108 Å². The number of aromatic hydroxyl groups is 1. The number of hydrogen-bond donors (Lipinski definition) is 13. The number of carbonyl (C=O) groups excluding carboxylic acids is 8. The van der Waals surface area contributed by atoms with Gasteiger partial charge in [-0.25, -0.2) is 0 Å². The van der Waals surface area contributed by atoms with Crippen LogP contribution in [0.3, 0.4) is 0 Å². The van der Waals surface area contributed by atoms with Crippen molar-refractivity contribution in [2.45, 2.75) is 119 Å². The molecule has 0 saturated carbocycles. The number of aromatic nitrogens is 2. The molecule has 3 saturated heterocycles. The molecule has 0 bridgehead atoms. The zero-order valence-electron chi connectivity index (χ0n) is 48.3. The molecule has 14 N–H and O–H groups in total. The van der Waals surface area contributed by atoms with E-state index >= 15 is 0 Å². The molecule has 8 amide bonds. The van der Waals surface area contributed by atoms with Crippen LogP contribution in [0.25, 0.3) is 32.3 Å². The number of phenolic OH excluding ortho intramolecular Hbond substituents is 1. The molecule has 5 aromatic rings. The van der Waals surface area contributed by atoms with Crippen LogP contribution < -0.4 is 71.3 Å². The number of nitrogens with one attached hydrogen (secondary N) is 5. The summed E-state index contributed by atoms with van der Waals surface area (Å²) < 4.78 is 9.14. The van der Waals surface area contributed by atoms with Crippen LogP contribution in [0, 0.1) is 12.8 Å². The average molecular weight is 1280 g/mol. The molecule has 3 aliphatic rings. The Balaban J connectivity index is 0.0000113. The number of aliphatic hydroxyl groups excluding tert-OH is 6. The van der Waals surface area contributed by atoms with Gasteiger partial charge in [0.25, 0.3) is 18.2 Å². The fourth-order valence-corrected chi connectivity index (χ4v) is 11.5. The van der Waals surface area contributed by atoms with Gasteiger partial charge in [0, 0.05) is 61.5 Å². The second kappa shape index (κ2) is 31.0. The van der Waals surface area contributed by atoms with Gasteiger partial charge in [-0.05, 0) is 54.8 Å². The van der Waals surface area contributed by atoms with Crippen LogP contribution in [0.4, 0.5) is 0 Å². The summed E-state index contributed by atoms with van der Waals surface area (Å²) in [5, 5.41) is 114. The number of nitrogens with two attached hydrogens (primary N) is 1. The Hall–Kier alpha value is -7.21. The van der Waals surface area contributed by atoms with E-state index in [2.05, 4.69) is 46.2 Å². The number of rotatable bonds is 16. The number of nitrogens with zero attached hydrogens (tertiary/aromatic N) is 4. The van der Waals surface area contributed by atoms with Crippen LogP contribution in [-0.4, -0.2) is 196 Å². The minimum absolute atomic E-state index is 0. The van der Waals surface area contributed by atoms with E-state index in [1.165, 1.54) is 36.5 Å². The molecule has 0 spiro atoms. The van der Waals surface area contributed by atoms with Gasteiger partial charge in [-0.15, -0.1) is 14.5 Å². The van der Waals surface area contributed by atoms with Gasteiger partial charge in [0.05, 0.1) is 43.0 Å². The maximum Gasteiger partial charge on any atom is 1.00 e. The molecule has 13 unspecified atom stereocenters. The van der Waals surface area contributed by atoms with Crippen molar-refractivity contribution >= 4 is 70.9 Å². The van der Waals surface area contributed by atoms with Gasteiger partial charge in [-0.1, -0.05) is 90.6 Å². The van der Waals surface area contributed by atoms with Crippen molar-refractivity contribution in [1.29, 1.82) is 0 Å². The molecule has 0 radical (unpaired) electrons. The van der Waals surface area contributed by atoms with Crippen LogP contribution in [0.15, 0.2) is 91.0 Å². The third kappa shape index (κ3) is 17.2. The Labute approximate surface area is 538 Å². The number of primary amides is 1. The Morgan fingerprint density at radius 2 is 1.34 bits per heavy atom. The number of β-amino-alcohol motifs (C(OH)–C–C–N with tert-alkyl or cyclic N) is 1. The van der Waals surface area contributed by atoms with E-state index in [0.717, 1.165) is 51.1 Å². The minimum atomic E-state index is -2.22. The van der Waals surface area contributed by atoms with Gasteiger partial charge in [0.1, 0.15) is 46.3 Å². The van der Waals surface area contributed by atoms with Crippen molar-refractivity contribution in [2.75, 3.05) is 19.6 Å². The summed E-state index contributed by atoms with van der Waals surface area (Å²) in [6.07, 6.45) is -13.7. The fraction of sp³-hybridized carbons (Fsp3) is 0.404. The van der Waals surface area contributed by atoms with Crippen molar-refractivity contribution in [3.8, 4) is 43.8 Å². The third-order valence-electron chi connectivity index (χ3n) is 15.1. The second-order valence-corrected chi connectivity index (χ2v) is 23.1. The molecule has 13 atom stereocenters. The van der Waals surface area contributed by atoms with Gasteiger partial charge >= 0.3 is 29.6 Å². The summed E-state index contributed by atoms with van der Waals surface area (Å²) in [7, 11) is 0. The second-order valence-electron chi connectivity index (χ2n) is 21.7. The van der Waals surface area contributed by atoms with Gasteiger partial charge in [-0.2, -0.15) is 0 Å². The largest absolute Gasteiger partial charge is 1.00 e. The van der Waals surface area contributed by atoms with Crippen molar-refractivity contribution in [3.63, 3.8) is 0 Å². The van der Waals surface area contributed by atoms with Gasteiger partial charge < -0.3 is 87.3 Å². The first-order chi connectivity index (χ1) is 41.9. The van der Waals surface area contributed by atoms with Crippen molar-refractivity contribution in [1.82, 2.24) is 46.6 Å². The van der Waals surface area contributed by atoms with Crippen LogP contribution in [0.5, 0.6) is 11.5 Å².